The summed E-state index contributed by atoms with van der Waals surface area (Å²) in [5.74, 6) is 0.474. The second-order valence-electron chi connectivity index (χ2n) is 3.24. The van der Waals surface area contributed by atoms with Crippen LogP contribution in [0.2, 0.25) is 5.02 Å². The van der Waals surface area contributed by atoms with Gasteiger partial charge in [-0.2, -0.15) is 0 Å². The molecule has 1 N–H and O–H groups in total. The molecule has 0 aliphatic rings. The number of hydrogen-bond acceptors (Lipinski definition) is 3. The molecule has 6 heteroatoms. The summed E-state index contributed by atoms with van der Waals surface area (Å²) in [5, 5.41) is 2.99. The average Bonchev–Trinajstić information content (AvgIpc) is 2.34. The zero-order valence-electron chi connectivity index (χ0n) is 8.84. The van der Waals surface area contributed by atoms with Crippen molar-refractivity contribution in [2.45, 2.75) is 0 Å². The molecule has 0 amide bonds. The van der Waals surface area contributed by atoms with Crippen molar-refractivity contribution in [1.82, 2.24) is 9.97 Å². The molecule has 2 rings (SSSR count). The summed E-state index contributed by atoms with van der Waals surface area (Å²) in [7, 11) is 1.75. The van der Waals surface area contributed by atoms with Crippen molar-refractivity contribution in [3.63, 3.8) is 0 Å². The summed E-state index contributed by atoms with van der Waals surface area (Å²) in [6.45, 7) is 0. The topological polar surface area (TPSA) is 37.8 Å². The second-order valence-corrected chi connectivity index (χ2v) is 4.81. The van der Waals surface area contributed by atoms with Gasteiger partial charge >= 0.3 is 0 Å². The van der Waals surface area contributed by atoms with Crippen LogP contribution >= 0.6 is 34.2 Å². The zero-order valence-corrected chi connectivity index (χ0v) is 11.8. The van der Waals surface area contributed by atoms with E-state index < -0.39 is 5.82 Å². The van der Waals surface area contributed by atoms with Gasteiger partial charge in [0.05, 0.1) is 14.2 Å². The summed E-state index contributed by atoms with van der Waals surface area (Å²) in [6, 6.07) is 4.76. The van der Waals surface area contributed by atoms with E-state index in [1.165, 1.54) is 6.07 Å². The first-order valence-corrected chi connectivity index (χ1v) is 6.24. The Morgan fingerprint density at radius 2 is 2.18 bits per heavy atom. The minimum atomic E-state index is -0.502. The van der Waals surface area contributed by atoms with E-state index in [2.05, 4.69) is 37.9 Å². The smallest absolute Gasteiger partial charge is 0.164 e. The second kappa shape index (κ2) is 5.14. The molecule has 0 atom stereocenters. The van der Waals surface area contributed by atoms with Crippen LogP contribution in [0.4, 0.5) is 10.2 Å². The molecule has 0 bridgehead atoms. The molecule has 1 aromatic heterocycles. The van der Waals surface area contributed by atoms with Crippen LogP contribution in [0.5, 0.6) is 0 Å². The number of anilines is 1. The van der Waals surface area contributed by atoms with Crippen LogP contribution in [0.1, 0.15) is 0 Å². The van der Waals surface area contributed by atoms with Crippen molar-refractivity contribution >= 4 is 40.0 Å². The summed E-state index contributed by atoms with van der Waals surface area (Å²) in [4.78, 5) is 8.34. The third-order valence-corrected chi connectivity index (χ3v) is 3.25. The third kappa shape index (κ3) is 2.50. The van der Waals surface area contributed by atoms with Crippen LogP contribution in [0.15, 0.2) is 24.4 Å². The van der Waals surface area contributed by atoms with Crippen molar-refractivity contribution in [2.24, 2.45) is 0 Å². The molecule has 0 aliphatic heterocycles. The summed E-state index contributed by atoms with van der Waals surface area (Å²) >= 11 is 7.83. The molecule has 0 radical (unpaired) electrons. The highest BCUT2D eigenvalue weighted by Crippen LogP contribution is 2.26. The fraction of sp³-hybridized carbons (Fsp3) is 0.0909. The average molecular weight is 364 g/mol. The first kappa shape index (κ1) is 12.5. The number of benzene rings is 1. The molecule has 0 aliphatic carbocycles. The van der Waals surface area contributed by atoms with Crippen LogP contribution in [-0.4, -0.2) is 17.0 Å². The maximum absolute atomic E-state index is 13.8. The van der Waals surface area contributed by atoms with Crippen molar-refractivity contribution < 1.29 is 4.39 Å². The summed E-state index contributed by atoms with van der Waals surface area (Å²) in [5.41, 5.74) is 0.297. The zero-order chi connectivity index (χ0) is 12.4. The maximum Gasteiger partial charge on any atom is 0.164 e. The van der Waals surface area contributed by atoms with Gasteiger partial charge in [-0.15, -0.1) is 0 Å². The molecule has 1 aromatic carbocycles. The van der Waals surface area contributed by atoms with Crippen LogP contribution < -0.4 is 5.32 Å². The lowest BCUT2D eigenvalue weighted by Crippen LogP contribution is -2.00. The molecule has 0 unspecified atom stereocenters. The number of halogens is 3. The standard InChI is InChI=1S/C11H8ClFIN3/c1-15-11-8(14)5-16-10(17-11)6-3-2-4-7(12)9(6)13/h2-5H,1H3,(H,15,16,17). The van der Waals surface area contributed by atoms with Crippen molar-refractivity contribution in [3.05, 3.63) is 38.8 Å². The predicted octanol–water partition coefficient (Wildman–Crippen LogP) is 3.58. The summed E-state index contributed by atoms with van der Waals surface area (Å²) in [6.07, 6.45) is 1.63. The van der Waals surface area contributed by atoms with Crippen molar-refractivity contribution in [2.75, 3.05) is 12.4 Å². The first-order chi connectivity index (χ1) is 8.13. The van der Waals surface area contributed by atoms with Gasteiger partial charge in [-0.25, -0.2) is 14.4 Å². The van der Waals surface area contributed by atoms with E-state index >= 15 is 0 Å². The van der Waals surface area contributed by atoms with E-state index in [-0.39, 0.29) is 5.02 Å². The van der Waals surface area contributed by atoms with Gasteiger partial charge in [-0.3, -0.25) is 0 Å². The Hall–Kier alpha value is -0.950. The predicted molar refractivity (Wildman–Crippen MR) is 74.7 cm³/mol. The fourth-order valence-corrected chi connectivity index (χ4v) is 2.05. The van der Waals surface area contributed by atoms with Crippen molar-refractivity contribution in [3.8, 4) is 11.4 Å². The van der Waals surface area contributed by atoms with Gasteiger partial charge in [-0.1, -0.05) is 17.7 Å². The van der Waals surface area contributed by atoms with Gasteiger partial charge < -0.3 is 5.32 Å². The first-order valence-electron chi connectivity index (χ1n) is 4.78. The molecule has 88 valence electrons. The van der Waals surface area contributed by atoms with Gasteiger partial charge in [-0.05, 0) is 34.7 Å². The Labute approximate surface area is 117 Å². The van der Waals surface area contributed by atoms with E-state index in [0.717, 1.165) is 3.57 Å². The largest absolute Gasteiger partial charge is 0.372 e. The van der Waals surface area contributed by atoms with Gasteiger partial charge in [0.25, 0.3) is 0 Å². The Kier molecular flexibility index (Phi) is 3.78. The SMILES string of the molecule is CNc1nc(-c2cccc(Cl)c2F)ncc1I. The summed E-state index contributed by atoms with van der Waals surface area (Å²) < 4.78 is 14.7. The highest BCUT2D eigenvalue weighted by molar-refractivity contribution is 14.1. The van der Waals surface area contributed by atoms with E-state index in [1.54, 1.807) is 25.4 Å². The molecule has 2 aromatic rings. The number of hydrogen-bond donors (Lipinski definition) is 1. The Morgan fingerprint density at radius 3 is 2.88 bits per heavy atom. The monoisotopic (exact) mass is 363 g/mol. The molecular formula is C11H8ClFIN3. The lowest BCUT2D eigenvalue weighted by Gasteiger charge is -2.06. The highest BCUT2D eigenvalue weighted by atomic mass is 127. The number of aromatic nitrogens is 2. The number of nitrogens with one attached hydrogen (secondary N) is 1. The lowest BCUT2D eigenvalue weighted by atomic mass is 10.2. The Bertz CT molecular complexity index is 562. The third-order valence-electron chi connectivity index (χ3n) is 2.17. The molecule has 1 heterocycles. The quantitative estimate of drug-likeness (QED) is 0.829. The minimum Gasteiger partial charge on any atom is -0.372 e. The Balaban J connectivity index is 2.57. The van der Waals surface area contributed by atoms with E-state index in [1.807, 2.05) is 0 Å². The van der Waals surface area contributed by atoms with Gasteiger partial charge in [0.2, 0.25) is 0 Å². The molecule has 3 nitrogen and oxygen atoms in total. The van der Waals surface area contributed by atoms with Crippen LogP contribution in [0.3, 0.4) is 0 Å². The van der Waals surface area contributed by atoms with Crippen LogP contribution in [-0.2, 0) is 0 Å². The molecule has 0 fully saturated rings. The van der Waals surface area contributed by atoms with Crippen LogP contribution in [0.25, 0.3) is 11.4 Å². The number of rotatable bonds is 2. The van der Waals surface area contributed by atoms with E-state index in [9.17, 15) is 4.39 Å². The molecule has 0 saturated carbocycles. The minimum absolute atomic E-state index is 0.0654. The van der Waals surface area contributed by atoms with Crippen molar-refractivity contribution in [1.29, 1.82) is 0 Å². The highest BCUT2D eigenvalue weighted by Gasteiger charge is 2.12. The molecule has 0 saturated heterocycles. The van der Waals surface area contributed by atoms with Gasteiger partial charge in [0, 0.05) is 13.2 Å². The lowest BCUT2D eigenvalue weighted by molar-refractivity contribution is 0.630. The normalized spacial score (nSPS) is 10.4. The maximum atomic E-state index is 13.8. The molecule has 17 heavy (non-hydrogen) atoms. The molecular weight excluding hydrogens is 355 g/mol. The van der Waals surface area contributed by atoms with E-state index in [0.29, 0.717) is 17.2 Å². The Morgan fingerprint density at radius 1 is 1.41 bits per heavy atom. The molecule has 0 spiro atoms. The van der Waals surface area contributed by atoms with Crippen LogP contribution in [0, 0.1) is 9.39 Å². The number of nitrogens with zero attached hydrogens (tertiary/aromatic N) is 2. The fourth-order valence-electron chi connectivity index (χ4n) is 1.35. The van der Waals surface area contributed by atoms with Gasteiger partial charge in [0.1, 0.15) is 5.82 Å². The van der Waals surface area contributed by atoms with Gasteiger partial charge in [0.15, 0.2) is 11.6 Å². The van der Waals surface area contributed by atoms with E-state index in [4.69, 9.17) is 11.6 Å².